The van der Waals surface area contributed by atoms with Crippen LogP contribution in [0.2, 0.25) is 0 Å². The van der Waals surface area contributed by atoms with E-state index in [0.717, 1.165) is 11.8 Å². The van der Waals surface area contributed by atoms with Crippen molar-refractivity contribution in [3.63, 3.8) is 0 Å². The van der Waals surface area contributed by atoms with E-state index in [4.69, 9.17) is 5.73 Å². The predicted octanol–water partition coefficient (Wildman–Crippen LogP) is 1.71. The monoisotopic (exact) mass is 312 g/mol. The van der Waals surface area contributed by atoms with Crippen molar-refractivity contribution in [2.24, 2.45) is 18.9 Å². The Bertz CT molecular complexity index is 827. The summed E-state index contributed by atoms with van der Waals surface area (Å²) in [4.78, 5) is 4.83. The molecule has 6 nitrogen and oxygen atoms in total. The van der Waals surface area contributed by atoms with Crippen LogP contribution in [-0.4, -0.2) is 26.8 Å². The average Bonchev–Trinajstić information content (AvgIpc) is 2.34. The van der Waals surface area contributed by atoms with E-state index in [1.54, 1.807) is 13.2 Å². The molecule has 0 fully saturated rings. The van der Waals surface area contributed by atoms with Crippen LogP contribution in [0, 0.1) is 0 Å². The summed E-state index contributed by atoms with van der Waals surface area (Å²) < 4.78 is 31.3. The summed E-state index contributed by atoms with van der Waals surface area (Å²) in [5.41, 5.74) is 6.68. The van der Waals surface area contributed by atoms with Crippen LogP contribution >= 0.6 is 0 Å². The van der Waals surface area contributed by atoms with Gasteiger partial charge in [0.15, 0.2) is 5.84 Å². The maximum absolute atomic E-state index is 11.5. The molecule has 1 unspecified atom stereocenters. The van der Waals surface area contributed by atoms with Gasteiger partial charge in [-0.05, 0) is 16.5 Å². The van der Waals surface area contributed by atoms with Gasteiger partial charge in [0, 0.05) is 16.7 Å². The third-order valence-electron chi connectivity index (χ3n) is 2.74. The van der Waals surface area contributed by atoms with Crippen molar-refractivity contribution < 1.29 is 8.42 Å². The van der Waals surface area contributed by atoms with Gasteiger partial charge in [-0.25, -0.2) is 13.4 Å². The fourth-order valence-electron chi connectivity index (χ4n) is 1.69. The van der Waals surface area contributed by atoms with Crippen molar-refractivity contribution in [1.29, 1.82) is 0 Å². The molecule has 1 heterocycles. The number of hydrogen-bond donors (Lipinski definition) is 1. The number of allylic oxidation sites excluding steroid dienone is 1. The van der Waals surface area contributed by atoms with Crippen LogP contribution in [0.5, 0.6) is 0 Å². The fraction of sp³-hybridized carbons (Fsp3) is 0.250. The van der Waals surface area contributed by atoms with E-state index in [2.05, 4.69) is 13.1 Å². The Labute approximate surface area is 119 Å². The Morgan fingerprint density at radius 2 is 1.85 bits per heavy atom. The Balaban J connectivity index is 2.76. The highest BCUT2D eigenvalue weighted by Gasteiger charge is 2.18. The van der Waals surface area contributed by atoms with Crippen LogP contribution in [0.25, 0.3) is 0 Å². The lowest BCUT2D eigenvalue weighted by Gasteiger charge is -2.17. The van der Waals surface area contributed by atoms with E-state index in [1.807, 2.05) is 30.3 Å². The lowest BCUT2D eigenvalue weighted by Crippen LogP contribution is -2.17. The number of nitrogens with zero attached hydrogens (tertiary/aromatic N) is 3. The van der Waals surface area contributed by atoms with E-state index in [0.29, 0.717) is 10.7 Å². The van der Waals surface area contributed by atoms with Crippen molar-refractivity contribution in [3.05, 3.63) is 46.6 Å². The van der Waals surface area contributed by atoms with Crippen LogP contribution in [-0.2, 0) is 19.6 Å². The Hall–Kier alpha value is -1.67. The highest BCUT2D eigenvalue weighted by atomic mass is 32.3. The quantitative estimate of drug-likeness (QED) is 0.900. The summed E-state index contributed by atoms with van der Waals surface area (Å²) in [5, 5.41) is 0. The highest BCUT2D eigenvalue weighted by Crippen LogP contribution is 2.22. The molecule has 0 saturated carbocycles. The highest BCUT2D eigenvalue weighted by molar-refractivity contribution is 8.06. The zero-order valence-electron chi connectivity index (χ0n) is 11.4. The molecule has 108 valence electrons. The smallest absolute Gasteiger partial charge is 0.256 e. The minimum atomic E-state index is -3.52. The average molecular weight is 312 g/mol. The molecule has 2 rings (SSSR count). The van der Waals surface area contributed by atoms with Crippen molar-refractivity contribution in [2.45, 2.75) is 6.92 Å². The number of benzene rings is 1. The van der Waals surface area contributed by atoms with Gasteiger partial charge in [-0.2, -0.15) is 4.36 Å². The number of hydrogen-bond acceptors (Lipinski definition) is 5. The Morgan fingerprint density at radius 3 is 2.40 bits per heavy atom. The zero-order valence-corrected chi connectivity index (χ0v) is 13.1. The summed E-state index contributed by atoms with van der Waals surface area (Å²) in [6, 6.07) is 9.28. The number of rotatable bonds is 2. The zero-order chi connectivity index (χ0) is 15.0. The molecule has 1 aliphatic heterocycles. The van der Waals surface area contributed by atoms with Crippen LogP contribution in [0.3, 0.4) is 0 Å². The number of amidine groups is 1. The largest absolute Gasteiger partial charge is 0.383 e. The van der Waals surface area contributed by atoms with E-state index >= 15 is 0 Å². The van der Waals surface area contributed by atoms with Crippen molar-refractivity contribution in [3.8, 4) is 0 Å². The molecule has 1 aliphatic rings. The topological polar surface area (TPSA) is 97.2 Å². The summed E-state index contributed by atoms with van der Waals surface area (Å²) in [7, 11) is -5.76. The van der Waals surface area contributed by atoms with Crippen LogP contribution in [0.4, 0.5) is 0 Å². The van der Waals surface area contributed by atoms with E-state index in [-0.39, 0.29) is 5.82 Å². The summed E-state index contributed by atoms with van der Waals surface area (Å²) in [6.45, 7) is 1.72. The van der Waals surface area contributed by atoms with Crippen LogP contribution in [0.15, 0.2) is 54.2 Å². The SMILES string of the molecule is CC1=C(N)N=C(c2ccccc2)N=S1(C)=NS(C)(=O)=O. The van der Waals surface area contributed by atoms with Crippen molar-refractivity contribution in [1.82, 2.24) is 0 Å². The first-order valence-corrected chi connectivity index (χ1v) is 9.58. The normalized spacial score (nSPS) is 23.1. The second-order valence-corrected chi connectivity index (χ2v) is 9.00. The van der Waals surface area contributed by atoms with E-state index in [1.165, 1.54) is 0 Å². The second-order valence-electron chi connectivity index (χ2n) is 4.48. The minimum absolute atomic E-state index is 0.281. The molecule has 0 spiro atoms. The van der Waals surface area contributed by atoms with Crippen molar-refractivity contribution in [2.75, 3.05) is 12.5 Å². The van der Waals surface area contributed by atoms with Crippen LogP contribution < -0.4 is 5.73 Å². The molecule has 0 amide bonds. The summed E-state index contributed by atoms with van der Waals surface area (Å²) in [6.07, 6.45) is 2.74. The molecule has 0 aromatic heterocycles. The molecule has 0 radical (unpaired) electrons. The molecule has 0 bridgehead atoms. The molecule has 2 N–H and O–H groups in total. The third kappa shape index (κ3) is 3.07. The molecular formula is C12H16N4O2S2. The Kier molecular flexibility index (Phi) is 3.70. The number of nitrogens with two attached hydrogens (primary N) is 1. The van der Waals surface area contributed by atoms with Gasteiger partial charge in [-0.15, -0.1) is 3.77 Å². The van der Waals surface area contributed by atoms with Gasteiger partial charge in [-0.3, -0.25) is 0 Å². The molecular weight excluding hydrogens is 296 g/mol. The lowest BCUT2D eigenvalue weighted by molar-refractivity contribution is 0.604. The molecule has 1 atom stereocenters. The van der Waals surface area contributed by atoms with Crippen LogP contribution in [0.1, 0.15) is 12.5 Å². The van der Waals surface area contributed by atoms with Gasteiger partial charge in [0.05, 0.1) is 6.26 Å². The third-order valence-corrected chi connectivity index (χ3v) is 6.89. The van der Waals surface area contributed by atoms with E-state index < -0.39 is 19.6 Å². The molecule has 1 aromatic carbocycles. The van der Waals surface area contributed by atoms with Gasteiger partial charge in [0.2, 0.25) is 0 Å². The molecule has 0 saturated heterocycles. The van der Waals surface area contributed by atoms with Gasteiger partial charge in [-0.1, -0.05) is 30.3 Å². The first-order valence-electron chi connectivity index (χ1n) is 5.77. The van der Waals surface area contributed by atoms with Gasteiger partial charge < -0.3 is 5.73 Å². The van der Waals surface area contributed by atoms with Gasteiger partial charge in [0.25, 0.3) is 10.0 Å². The Morgan fingerprint density at radius 1 is 1.25 bits per heavy atom. The molecule has 1 aromatic rings. The molecule has 0 aliphatic carbocycles. The lowest BCUT2D eigenvalue weighted by atomic mass is 10.2. The van der Waals surface area contributed by atoms with Crippen molar-refractivity contribution >= 4 is 25.5 Å². The maximum Gasteiger partial charge on any atom is 0.256 e. The number of sulfonamides is 1. The summed E-state index contributed by atoms with van der Waals surface area (Å²) >= 11 is 0. The summed E-state index contributed by atoms with van der Waals surface area (Å²) in [5.74, 6) is 0.697. The fourth-order valence-corrected chi connectivity index (χ4v) is 5.44. The van der Waals surface area contributed by atoms with Gasteiger partial charge in [0.1, 0.15) is 5.82 Å². The second kappa shape index (κ2) is 5.02. The predicted molar refractivity (Wildman–Crippen MR) is 82.9 cm³/mol. The number of aliphatic imine (C=N–C) groups is 1. The van der Waals surface area contributed by atoms with E-state index in [9.17, 15) is 8.42 Å². The standard InChI is InChI=1S/C12H16N4O2S2/c1-9-11(13)14-12(10-7-5-4-6-8-10)15-19(9,2)16-20(3,17)18/h4-8H,1-3H3,(H2,13,14,15,16). The first-order chi connectivity index (χ1) is 9.21. The maximum atomic E-state index is 11.5. The first kappa shape index (κ1) is 14.7. The van der Waals surface area contributed by atoms with Gasteiger partial charge >= 0.3 is 0 Å². The molecule has 20 heavy (non-hydrogen) atoms. The minimum Gasteiger partial charge on any atom is -0.383 e. The molecule has 8 heteroatoms.